The summed E-state index contributed by atoms with van der Waals surface area (Å²) in [4.78, 5) is 12.3. The number of aromatic nitrogens is 2. The molecule has 1 aromatic heterocycles. The van der Waals surface area contributed by atoms with Crippen molar-refractivity contribution >= 4 is 21.9 Å². The number of benzene rings is 1. The Labute approximate surface area is 139 Å². The Bertz CT molecular complexity index is 845. The number of hydrogen-bond donors (Lipinski definition) is 1. The van der Waals surface area contributed by atoms with Gasteiger partial charge in [-0.25, -0.2) is 8.42 Å². The highest BCUT2D eigenvalue weighted by Crippen LogP contribution is 2.23. The van der Waals surface area contributed by atoms with Gasteiger partial charge in [-0.3, -0.25) is 10.1 Å². The average molecular weight is 350 g/mol. The zero-order valence-corrected chi connectivity index (χ0v) is 14.2. The average Bonchev–Trinajstić information content (AvgIpc) is 3.16. The fraction of sp³-hybridized carbons (Fsp3) is 0.400. The van der Waals surface area contributed by atoms with Crippen LogP contribution in [0.25, 0.3) is 11.5 Å². The SMILES string of the molecule is Cc1ccc(-c2nnc(NC(=O)C3CCCN3S(C)(=O)=O)o2)cc1. The van der Waals surface area contributed by atoms with Gasteiger partial charge in [0.15, 0.2) is 0 Å². The van der Waals surface area contributed by atoms with E-state index in [-0.39, 0.29) is 11.9 Å². The molecule has 1 N–H and O–H groups in total. The third-order valence-corrected chi connectivity index (χ3v) is 5.17. The van der Waals surface area contributed by atoms with E-state index < -0.39 is 22.0 Å². The first-order valence-electron chi connectivity index (χ1n) is 7.53. The smallest absolute Gasteiger partial charge is 0.322 e. The molecule has 9 heteroatoms. The van der Waals surface area contributed by atoms with Crippen molar-refractivity contribution in [2.24, 2.45) is 0 Å². The summed E-state index contributed by atoms with van der Waals surface area (Å²) in [5.41, 5.74) is 1.85. The molecule has 1 atom stereocenters. The summed E-state index contributed by atoms with van der Waals surface area (Å²) in [6.07, 6.45) is 2.21. The molecular formula is C15H18N4O4S. The minimum absolute atomic E-state index is 0.0454. The van der Waals surface area contributed by atoms with Crippen molar-refractivity contribution in [3.8, 4) is 11.5 Å². The molecule has 3 rings (SSSR count). The van der Waals surface area contributed by atoms with Crippen molar-refractivity contribution in [1.29, 1.82) is 0 Å². The second-order valence-corrected chi connectivity index (χ2v) is 7.73. The van der Waals surface area contributed by atoms with Gasteiger partial charge < -0.3 is 4.42 Å². The molecule has 1 amide bonds. The quantitative estimate of drug-likeness (QED) is 0.894. The molecule has 8 nitrogen and oxygen atoms in total. The van der Waals surface area contributed by atoms with Crippen LogP contribution in [0.15, 0.2) is 28.7 Å². The minimum Gasteiger partial charge on any atom is -0.403 e. The van der Waals surface area contributed by atoms with E-state index >= 15 is 0 Å². The fourth-order valence-corrected chi connectivity index (χ4v) is 3.80. The van der Waals surface area contributed by atoms with Crippen LogP contribution < -0.4 is 5.32 Å². The lowest BCUT2D eigenvalue weighted by Crippen LogP contribution is -2.42. The summed E-state index contributed by atoms with van der Waals surface area (Å²) in [6.45, 7) is 2.31. The second-order valence-electron chi connectivity index (χ2n) is 5.80. The molecule has 1 aromatic carbocycles. The summed E-state index contributed by atoms with van der Waals surface area (Å²) < 4.78 is 30.1. The number of anilines is 1. The summed E-state index contributed by atoms with van der Waals surface area (Å²) in [7, 11) is -3.43. The summed E-state index contributed by atoms with van der Waals surface area (Å²) in [5.74, 6) is -0.172. The van der Waals surface area contributed by atoms with Gasteiger partial charge in [-0.2, -0.15) is 4.31 Å². The van der Waals surface area contributed by atoms with Gasteiger partial charge in [0.1, 0.15) is 6.04 Å². The fourth-order valence-electron chi connectivity index (χ4n) is 2.67. The van der Waals surface area contributed by atoms with Crippen molar-refractivity contribution in [3.05, 3.63) is 29.8 Å². The summed E-state index contributed by atoms with van der Waals surface area (Å²) in [6, 6.07) is 6.74. The molecule has 1 fully saturated rings. The van der Waals surface area contributed by atoms with Gasteiger partial charge in [0.2, 0.25) is 21.8 Å². The first-order valence-corrected chi connectivity index (χ1v) is 9.37. The first kappa shape index (κ1) is 16.6. The predicted octanol–water partition coefficient (Wildman–Crippen LogP) is 1.41. The lowest BCUT2D eigenvalue weighted by Gasteiger charge is -2.20. The normalized spacial score (nSPS) is 18.7. The zero-order chi connectivity index (χ0) is 17.3. The van der Waals surface area contributed by atoms with Crippen molar-refractivity contribution < 1.29 is 17.6 Å². The van der Waals surface area contributed by atoms with Crippen LogP contribution in [0.5, 0.6) is 0 Å². The number of hydrogen-bond acceptors (Lipinski definition) is 6. The number of carbonyl (C=O) groups excluding carboxylic acids is 1. The number of sulfonamides is 1. The highest BCUT2D eigenvalue weighted by molar-refractivity contribution is 7.88. The van der Waals surface area contributed by atoms with Crippen LogP contribution in [-0.4, -0.2) is 47.7 Å². The lowest BCUT2D eigenvalue weighted by molar-refractivity contribution is -0.119. The molecule has 1 saturated heterocycles. The van der Waals surface area contributed by atoms with E-state index in [1.807, 2.05) is 31.2 Å². The Hall–Kier alpha value is -2.26. The molecule has 2 heterocycles. The molecule has 0 bridgehead atoms. The third kappa shape index (κ3) is 3.46. The first-order chi connectivity index (χ1) is 11.3. The van der Waals surface area contributed by atoms with Gasteiger partial charge >= 0.3 is 6.01 Å². The third-order valence-electron chi connectivity index (χ3n) is 3.89. The maximum atomic E-state index is 12.3. The van der Waals surface area contributed by atoms with Gasteiger partial charge in [-0.15, -0.1) is 5.10 Å². The molecule has 2 aromatic rings. The monoisotopic (exact) mass is 350 g/mol. The van der Waals surface area contributed by atoms with Crippen molar-refractivity contribution in [1.82, 2.24) is 14.5 Å². The Morgan fingerprint density at radius 1 is 1.29 bits per heavy atom. The van der Waals surface area contributed by atoms with E-state index in [1.54, 1.807) is 0 Å². The topological polar surface area (TPSA) is 105 Å². The van der Waals surface area contributed by atoms with Crippen LogP contribution in [0.4, 0.5) is 6.01 Å². The molecular weight excluding hydrogens is 332 g/mol. The van der Waals surface area contributed by atoms with E-state index in [0.29, 0.717) is 19.4 Å². The predicted molar refractivity (Wildman–Crippen MR) is 87.7 cm³/mol. The van der Waals surface area contributed by atoms with Gasteiger partial charge in [0, 0.05) is 12.1 Å². The van der Waals surface area contributed by atoms with E-state index in [0.717, 1.165) is 17.4 Å². The number of nitrogens with zero attached hydrogens (tertiary/aromatic N) is 3. The van der Waals surface area contributed by atoms with Crippen molar-refractivity contribution in [2.75, 3.05) is 18.1 Å². The molecule has 0 saturated carbocycles. The Morgan fingerprint density at radius 3 is 2.67 bits per heavy atom. The summed E-state index contributed by atoms with van der Waals surface area (Å²) in [5, 5.41) is 10.2. The van der Waals surface area contributed by atoms with Crippen LogP contribution in [-0.2, 0) is 14.8 Å². The highest BCUT2D eigenvalue weighted by Gasteiger charge is 2.36. The van der Waals surface area contributed by atoms with E-state index in [4.69, 9.17) is 4.42 Å². The van der Waals surface area contributed by atoms with Crippen molar-refractivity contribution in [2.45, 2.75) is 25.8 Å². The zero-order valence-electron chi connectivity index (χ0n) is 13.4. The van der Waals surface area contributed by atoms with Gasteiger partial charge in [-0.1, -0.05) is 22.8 Å². The van der Waals surface area contributed by atoms with E-state index in [2.05, 4.69) is 15.5 Å². The van der Waals surface area contributed by atoms with Crippen LogP contribution in [0.1, 0.15) is 18.4 Å². The van der Waals surface area contributed by atoms with Crippen LogP contribution in [0.2, 0.25) is 0 Å². The Balaban J connectivity index is 1.72. The number of carbonyl (C=O) groups is 1. The van der Waals surface area contributed by atoms with Gasteiger partial charge in [0.25, 0.3) is 0 Å². The van der Waals surface area contributed by atoms with Crippen LogP contribution >= 0.6 is 0 Å². The number of amides is 1. The largest absolute Gasteiger partial charge is 0.403 e. The maximum absolute atomic E-state index is 12.3. The molecule has 0 radical (unpaired) electrons. The molecule has 128 valence electrons. The Kier molecular flexibility index (Phi) is 4.37. The molecule has 1 aliphatic heterocycles. The standard InChI is InChI=1S/C15H18N4O4S/c1-10-5-7-11(8-6-10)14-17-18-15(23-14)16-13(20)12-4-3-9-19(12)24(2,21)22/h5-8,12H,3-4,9H2,1-2H3,(H,16,18,20). The van der Waals surface area contributed by atoms with E-state index in [1.165, 1.54) is 4.31 Å². The molecule has 24 heavy (non-hydrogen) atoms. The molecule has 0 spiro atoms. The highest BCUT2D eigenvalue weighted by atomic mass is 32.2. The van der Waals surface area contributed by atoms with Crippen molar-refractivity contribution in [3.63, 3.8) is 0 Å². The van der Waals surface area contributed by atoms with Gasteiger partial charge in [0.05, 0.1) is 6.26 Å². The Morgan fingerprint density at radius 2 is 2.00 bits per heavy atom. The second kappa shape index (κ2) is 6.33. The van der Waals surface area contributed by atoms with Gasteiger partial charge in [-0.05, 0) is 31.9 Å². The molecule has 1 aliphatic rings. The number of rotatable bonds is 4. The maximum Gasteiger partial charge on any atom is 0.322 e. The minimum atomic E-state index is -3.43. The van der Waals surface area contributed by atoms with E-state index in [9.17, 15) is 13.2 Å². The molecule has 0 aliphatic carbocycles. The lowest BCUT2D eigenvalue weighted by atomic mass is 10.1. The summed E-state index contributed by atoms with van der Waals surface area (Å²) >= 11 is 0. The number of nitrogens with one attached hydrogen (secondary N) is 1. The van der Waals surface area contributed by atoms with Crippen LogP contribution in [0, 0.1) is 6.92 Å². The number of aryl methyl sites for hydroxylation is 1. The molecule has 1 unspecified atom stereocenters. The van der Waals surface area contributed by atoms with Crippen LogP contribution in [0.3, 0.4) is 0 Å².